The van der Waals surface area contributed by atoms with E-state index in [9.17, 15) is 5.11 Å². The number of nitrogens with one attached hydrogen (secondary N) is 1. The third-order valence-corrected chi connectivity index (χ3v) is 4.89. The molecule has 2 aromatic carbocycles. The Morgan fingerprint density at radius 2 is 1.80 bits per heavy atom. The molecule has 0 spiro atoms. The molecule has 1 heterocycles. The lowest BCUT2D eigenvalue weighted by Crippen LogP contribution is -3.16. The smallest absolute Gasteiger partial charge is 0.137 e. The van der Waals surface area contributed by atoms with Crippen LogP contribution in [0.25, 0.3) is 0 Å². The zero-order valence-electron chi connectivity index (χ0n) is 15.2. The van der Waals surface area contributed by atoms with Crippen LogP contribution in [-0.4, -0.2) is 50.5 Å². The number of rotatable bonds is 6. The highest BCUT2D eigenvalue weighted by Gasteiger charge is 2.22. The molecule has 1 aliphatic rings. The minimum atomic E-state index is -0.432. The van der Waals surface area contributed by atoms with E-state index in [1.54, 1.807) is 0 Å². The van der Waals surface area contributed by atoms with Crippen LogP contribution < -0.4 is 14.5 Å². The van der Waals surface area contributed by atoms with Gasteiger partial charge in [-0.1, -0.05) is 30.3 Å². The summed E-state index contributed by atoms with van der Waals surface area (Å²) in [6.07, 6.45) is -0.432. The lowest BCUT2D eigenvalue weighted by atomic mass is 10.1. The van der Waals surface area contributed by atoms with Crippen molar-refractivity contribution in [1.29, 1.82) is 0 Å². The van der Waals surface area contributed by atoms with Crippen LogP contribution in [0.1, 0.15) is 11.1 Å². The Labute approximate surface area is 150 Å². The summed E-state index contributed by atoms with van der Waals surface area (Å²) in [6.45, 7) is 9.36. The summed E-state index contributed by atoms with van der Waals surface area (Å²) in [7, 11) is 0. The van der Waals surface area contributed by atoms with Crippen molar-refractivity contribution >= 4 is 5.69 Å². The van der Waals surface area contributed by atoms with E-state index in [4.69, 9.17) is 4.74 Å². The monoisotopic (exact) mass is 341 g/mol. The van der Waals surface area contributed by atoms with Gasteiger partial charge in [-0.25, -0.2) is 0 Å². The Morgan fingerprint density at radius 3 is 2.52 bits per heavy atom. The predicted molar refractivity (Wildman–Crippen MR) is 102 cm³/mol. The van der Waals surface area contributed by atoms with Crippen molar-refractivity contribution < 1.29 is 14.7 Å². The van der Waals surface area contributed by atoms with Gasteiger partial charge in [0.25, 0.3) is 0 Å². The largest absolute Gasteiger partial charge is 0.490 e. The zero-order valence-corrected chi connectivity index (χ0v) is 15.2. The molecule has 2 aromatic rings. The van der Waals surface area contributed by atoms with Crippen molar-refractivity contribution in [3.63, 3.8) is 0 Å². The van der Waals surface area contributed by atoms with Crippen molar-refractivity contribution in [2.24, 2.45) is 0 Å². The molecule has 134 valence electrons. The first-order chi connectivity index (χ1) is 12.1. The second-order valence-corrected chi connectivity index (χ2v) is 7.01. The maximum absolute atomic E-state index is 10.3. The molecule has 25 heavy (non-hydrogen) atoms. The van der Waals surface area contributed by atoms with Crippen LogP contribution in [0, 0.1) is 13.8 Å². The number of para-hydroxylation sites is 1. The molecular formula is C21H29N2O2+. The highest BCUT2D eigenvalue weighted by molar-refractivity contribution is 5.46. The van der Waals surface area contributed by atoms with Gasteiger partial charge in [-0.05, 0) is 43.2 Å². The van der Waals surface area contributed by atoms with Gasteiger partial charge in [-0.15, -0.1) is 0 Å². The number of hydrogen-bond acceptors (Lipinski definition) is 3. The van der Waals surface area contributed by atoms with E-state index in [-0.39, 0.29) is 0 Å². The number of aryl methyl sites for hydroxylation is 2. The second kappa shape index (κ2) is 8.37. The minimum absolute atomic E-state index is 0.357. The number of ether oxygens (including phenoxy) is 1. The Hall–Kier alpha value is -2.04. The van der Waals surface area contributed by atoms with Crippen LogP contribution in [0.5, 0.6) is 5.75 Å². The molecule has 0 aromatic heterocycles. The third-order valence-electron chi connectivity index (χ3n) is 4.89. The molecule has 0 bridgehead atoms. The van der Waals surface area contributed by atoms with Crippen LogP contribution in [0.2, 0.25) is 0 Å². The Kier molecular flexibility index (Phi) is 5.95. The molecule has 4 heteroatoms. The first-order valence-electron chi connectivity index (χ1n) is 9.13. The fourth-order valence-corrected chi connectivity index (χ4v) is 3.37. The van der Waals surface area contributed by atoms with E-state index in [0.29, 0.717) is 6.61 Å². The average molecular weight is 341 g/mol. The maximum Gasteiger partial charge on any atom is 0.137 e. The maximum atomic E-state index is 10.3. The minimum Gasteiger partial charge on any atom is -0.490 e. The number of anilines is 1. The van der Waals surface area contributed by atoms with Crippen LogP contribution in [0.15, 0.2) is 48.5 Å². The molecule has 1 aliphatic heterocycles. The van der Waals surface area contributed by atoms with Crippen LogP contribution >= 0.6 is 0 Å². The van der Waals surface area contributed by atoms with Gasteiger partial charge in [0.05, 0.1) is 26.2 Å². The average Bonchev–Trinajstić information content (AvgIpc) is 2.64. The number of piperazine rings is 1. The molecular weight excluding hydrogens is 312 g/mol. The fraction of sp³-hybridized carbons (Fsp3) is 0.429. The van der Waals surface area contributed by atoms with Gasteiger partial charge in [0.2, 0.25) is 0 Å². The standard InChI is InChI=1S/C21H28N2O2/c1-17-8-9-18(2)21(14-17)25-16-20(24)15-22-10-12-23(13-11-22)19-6-4-3-5-7-19/h3-9,14,20,24H,10-13,15-16H2,1-2H3/p+1/t20-/m0/s1. The van der Waals surface area contributed by atoms with E-state index in [2.05, 4.69) is 54.3 Å². The predicted octanol–water partition coefficient (Wildman–Crippen LogP) is 1.45. The highest BCUT2D eigenvalue weighted by Crippen LogP contribution is 2.19. The molecule has 2 N–H and O–H groups in total. The summed E-state index contributed by atoms with van der Waals surface area (Å²) < 4.78 is 5.84. The molecule has 3 rings (SSSR count). The van der Waals surface area contributed by atoms with Gasteiger partial charge in [0, 0.05) is 5.69 Å². The zero-order chi connectivity index (χ0) is 17.6. The van der Waals surface area contributed by atoms with Gasteiger partial charge >= 0.3 is 0 Å². The Balaban J connectivity index is 1.43. The van der Waals surface area contributed by atoms with E-state index < -0.39 is 6.10 Å². The highest BCUT2D eigenvalue weighted by atomic mass is 16.5. The lowest BCUT2D eigenvalue weighted by molar-refractivity contribution is -0.903. The molecule has 0 aliphatic carbocycles. The van der Waals surface area contributed by atoms with Gasteiger partial charge in [-0.3, -0.25) is 0 Å². The normalized spacial score (nSPS) is 16.7. The molecule has 1 fully saturated rings. The van der Waals surface area contributed by atoms with E-state index in [1.165, 1.54) is 16.2 Å². The van der Waals surface area contributed by atoms with Crippen molar-refractivity contribution in [3.05, 3.63) is 59.7 Å². The number of aliphatic hydroxyl groups is 1. The summed E-state index contributed by atoms with van der Waals surface area (Å²) in [5, 5.41) is 10.3. The van der Waals surface area contributed by atoms with Crippen LogP contribution in [-0.2, 0) is 0 Å². The van der Waals surface area contributed by atoms with Gasteiger partial charge in [0.15, 0.2) is 0 Å². The molecule has 1 saturated heterocycles. The SMILES string of the molecule is Cc1ccc(C)c(OC[C@@H](O)C[NH+]2CCN(c3ccccc3)CC2)c1. The molecule has 0 amide bonds. The van der Waals surface area contributed by atoms with Crippen molar-refractivity contribution in [3.8, 4) is 5.75 Å². The quantitative estimate of drug-likeness (QED) is 0.835. The first kappa shape index (κ1) is 17.8. The number of hydrogen-bond donors (Lipinski definition) is 2. The molecule has 1 atom stereocenters. The van der Waals surface area contributed by atoms with E-state index in [1.807, 2.05) is 13.0 Å². The van der Waals surface area contributed by atoms with Crippen LogP contribution in [0.4, 0.5) is 5.69 Å². The van der Waals surface area contributed by atoms with E-state index in [0.717, 1.165) is 44.0 Å². The van der Waals surface area contributed by atoms with Gasteiger partial charge in [-0.2, -0.15) is 0 Å². The number of quaternary nitrogens is 1. The topological polar surface area (TPSA) is 37.1 Å². The van der Waals surface area contributed by atoms with Gasteiger partial charge < -0.3 is 19.6 Å². The first-order valence-corrected chi connectivity index (χ1v) is 9.13. The van der Waals surface area contributed by atoms with Crippen molar-refractivity contribution in [2.75, 3.05) is 44.2 Å². The summed E-state index contributed by atoms with van der Waals surface area (Å²) in [5.74, 6) is 0.878. The summed E-state index contributed by atoms with van der Waals surface area (Å²) >= 11 is 0. The third kappa shape index (κ3) is 4.97. The Bertz CT molecular complexity index is 667. The number of benzene rings is 2. The Morgan fingerprint density at radius 1 is 1.08 bits per heavy atom. The molecule has 0 saturated carbocycles. The second-order valence-electron chi connectivity index (χ2n) is 7.01. The molecule has 4 nitrogen and oxygen atoms in total. The fourth-order valence-electron chi connectivity index (χ4n) is 3.37. The van der Waals surface area contributed by atoms with Crippen LogP contribution in [0.3, 0.4) is 0 Å². The summed E-state index contributed by atoms with van der Waals surface area (Å²) in [6, 6.07) is 16.7. The summed E-state index contributed by atoms with van der Waals surface area (Å²) in [5.41, 5.74) is 3.58. The summed E-state index contributed by atoms with van der Waals surface area (Å²) in [4.78, 5) is 3.87. The number of nitrogens with zero attached hydrogens (tertiary/aromatic N) is 1. The van der Waals surface area contributed by atoms with E-state index >= 15 is 0 Å². The van der Waals surface area contributed by atoms with Gasteiger partial charge in [0.1, 0.15) is 25.0 Å². The van der Waals surface area contributed by atoms with Crippen molar-refractivity contribution in [2.45, 2.75) is 20.0 Å². The molecule has 0 radical (unpaired) electrons. The molecule has 0 unspecified atom stereocenters. The van der Waals surface area contributed by atoms with Crippen molar-refractivity contribution in [1.82, 2.24) is 0 Å². The lowest BCUT2D eigenvalue weighted by Gasteiger charge is -2.34. The number of aliphatic hydroxyl groups excluding tert-OH is 1.